The third-order valence-electron chi connectivity index (χ3n) is 4.83. The molecule has 1 aliphatic heterocycles. The maximum absolute atomic E-state index is 12.7. The van der Waals surface area contributed by atoms with Crippen LogP contribution in [-0.2, 0) is 14.6 Å². The lowest BCUT2D eigenvalue weighted by atomic mass is 10.1. The molecule has 0 aromatic heterocycles. The molecule has 1 aliphatic rings. The smallest absolute Gasteiger partial charge is 0.269 e. The fourth-order valence-electron chi connectivity index (χ4n) is 3.23. The van der Waals surface area contributed by atoms with Gasteiger partial charge in [0.05, 0.1) is 15.9 Å². The number of nitrogens with zero attached hydrogens (tertiary/aromatic N) is 2. The van der Waals surface area contributed by atoms with Gasteiger partial charge >= 0.3 is 0 Å². The highest BCUT2D eigenvalue weighted by Crippen LogP contribution is 2.33. The average molecular weight is 435 g/mol. The van der Waals surface area contributed by atoms with Crippen molar-refractivity contribution in [1.82, 2.24) is 4.90 Å². The molecular weight excluding hydrogens is 416 g/mol. The van der Waals surface area contributed by atoms with Gasteiger partial charge in [-0.05, 0) is 41.8 Å². The summed E-state index contributed by atoms with van der Waals surface area (Å²) >= 11 is 6.19. The Bertz CT molecular complexity index is 1050. The molecule has 29 heavy (non-hydrogen) atoms. The lowest BCUT2D eigenvalue weighted by Crippen LogP contribution is -2.32. The number of benzene rings is 2. The van der Waals surface area contributed by atoms with E-state index >= 15 is 0 Å². The van der Waals surface area contributed by atoms with Crippen LogP contribution in [0.3, 0.4) is 0 Å². The summed E-state index contributed by atoms with van der Waals surface area (Å²) in [4.78, 5) is 24.2. The molecule has 0 saturated carbocycles. The summed E-state index contributed by atoms with van der Waals surface area (Å²) in [5.74, 6) is -0.446. The zero-order valence-electron chi connectivity index (χ0n) is 15.4. The number of non-ortho nitro benzene ring substituents is 1. The minimum absolute atomic E-state index is 0.0307. The molecule has 1 atom stereocenters. The maximum atomic E-state index is 12.7. The van der Waals surface area contributed by atoms with Gasteiger partial charge in [0.2, 0.25) is 5.91 Å². The molecule has 7 nitrogen and oxygen atoms in total. The first-order valence-electron chi connectivity index (χ1n) is 8.95. The predicted molar refractivity (Wildman–Crippen MR) is 111 cm³/mol. The van der Waals surface area contributed by atoms with E-state index in [4.69, 9.17) is 11.6 Å². The van der Waals surface area contributed by atoms with Crippen molar-refractivity contribution in [2.75, 3.05) is 18.8 Å². The molecule has 3 rings (SSSR count). The molecule has 0 radical (unpaired) electrons. The molecule has 9 heteroatoms. The Labute approximate surface area is 173 Å². The third kappa shape index (κ3) is 5.02. The van der Waals surface area contributed by atoms with Crippen molar-refractivity contribution in [2.45, 2.75) is 11.7 Å². The van der Waals surface area contributed by atoms with Crippen molar-refractivity contribution >= 4 is 39.1 Å². The Morgan fingerprint density at radius 3 is 2.48 bits per heavy atom. The van der Waals surface area contributed by atoms with Gasteiger partial charge in [-0.1, -0.05) is 29.8 Å². The maximum Gasteiger partial charge on any atom is 0.269 e. The number of hydrogen-bond acceptors (Lipinski definition) is 5. The van der Waals surface area contributed by atoms with Crippen LogP contribution in [0, 0.1) is 10.1 Å². The second kappa shape index (κ2) is 8.75. The highest BCUT2D eigenvalue weighted by atomic mass is 35.5. The second-order valence-electron chi connectivity index (χ2n) is 6.67. The summed E-state index contributed by atoms with van der Waals surface area (Å²) < 4.78 is 25.4. The predicted octanol–water partition coefficient (Wildman–Crippen LogP) is 3.65. The first-order chi connectivity index (χ1) is 13.8. The molecule has 152 valence electrons. The number of hydrogen-bond donors (Lipinski definition) is 0. The van der Waals surface area contributed by atoms with Crippen molar-refractivity contribution in [2.24, 2.45) is 0 Å². The molecule has 0 spiro atoms. The summed E-state index contributed by atoms with van der Waals surface area (Å²) in [6.45, 7) is 0.394. The highest BCUT2D eigenvalue weighted by molar-refractivity contribution is 7.91. The van der Waals surface area contributed by atoms with Gasteiger partial charge in [0, 0.05) is 36.3 Å². The number of halogens is 1. The molecule has 2 aromatic rings. The lowest BCUT2D eigenvalue weighted by Gasteiger charge is -2.18. The van der Waals surface area contributed by atoms with Crippen LogP contribution >= 0.6 is 11.6 Å². The summed E-state index contributed by atoms with van der Waals surface area (Å²) in [5, 5.41) is 10.3. The number of rotatable bonds is 4. The zero-order valence-corrected chi connectivity index (χ0v) is 17.0. The molecule has 0 bridgehead atoms. The van der Waals surface area contributed by atoms with Crippen molar-refractivity contribution in [3.63, 3.8) is 0 Å². The standard InChI is InChI=1S/C20H19ClN2O5S/c21-18-4-2-1-3-17(18)19-11-12-22(13-14-29(19,27)28)20(24)10-7-15-5-8-16(9-6-15)23(25)26/h1-10,19H,11-14H2/b10-7+. The van der Waals surface area contributed by atoms with Gasteiger partial charge in [-0.25, -0.2) is 8.42 Å². The molecule has 0 aliphatic carbocycles. The van der Waals surface area contributed by atoms with Crippen molar-refractivity contribution in [3.8, 4) is 0 Å². The van der Waals surface area contributed by atoms with Crippen molar-refractivity contribution < 1.29 is 18.1 Å². The van der Waals surface area contributed by atoms with E-state index in [1.165, 1.54) is 23.1 Å². The topological polar surface area (TPSA) is 97.6 Å². The van der Waals surface area contributed by atoms with Crippen molar-refractivity contribution in [1.29, 1.82) is 0 Å². The fourth-order valence-corrected chi connectivity index (χ4v) is 5.38. The molecule has 0 N–H and O–H groups in total. The van der Waals surface area contributed by atoms with Gasteiger partial charge in [0.1, 0.15) is 0 Å². The zero-order chi connectivity index (χ0) is 21.0. The number of carbonyl (C=O) groups is 1. The van der Waals surface area contributed by atoms with E-state index < -0.39 is 20.0 Å². The van der Waals surface area contributed by atoms with Crippen LogP contribution < -0.4 is 0 Å². The Hall–Kier alpha value is -2.71. The molecule has 1 fully saturated rings. The van der Waals surface area contributed by atoms with Crippen molar-refractivity contribution in [3.05, 3.63) is 80.9 Å². The summed E-state index contributed by atoms with van der Waals surface area (Å²) in [7, 11) is -3.45. The first-order valence-corrected chi connectivity index (χ1v) is 11.0. The summed E-state index contributed by atoms with van der Waals surface area (Å²) in [6, 6.07) is 12.7. The largest absolute Gasteiger partial charge is 0.338 e. The summed E-state index contributed by atoms with van der Waals surface area (Å²) in [5.41, 5.74) is 1.17. The normalized spacial score (nSPS) is 19.1. The van der Waals surface area contributed by atoms with Crippen LogP contribution in [-0.4, -0.2) is 43.0 Å². The van der Waals surface area contributed by atoms with Crippen LogP contribution in [0.2, 0.25) is 5.02 Å². The number of nitro groups is 1. The van der Waals surface area contributed by atoms with Crippen LogP contribution in [0.15, 0.2) is 54.6 Å². The van der Waals surface area contributed by atoms with Gasteiger partial charge < -0.3 is 4.90 Å². The van der Waals surface area contributed by atoms with E-state index in [2.05, 4.69) is 0 Å². The molecular formula is C20H19ClN2O5S. The van der Waals surface area contributed by atoms with Crippen LogP contribution in [0.5, 0.6) is 0 Å². The van der Waals surface area contributed by atoms with E-state index in [0.29, 0.717) is 22.7 Å². The highest BCUT2D eigenvalue weighted by Gasteiger charge is 2.33. The third-order valence-corrected chi connectivity index (χ3v) is 7.28. The van der Waals surface area contributed by atoms with Gasteiger partial charge in [-0.2, -0.15) is 0 Å². The minimum atomic E-state index is -3.45. The quantitative estimate of drug-likeness (QED) is 0.415. The lowest BCUT2D eigenvalue weighted by molar-refractivity contribution is -0.384. The van der Waals surface area contributed by atoms with Gasteiger partial charge in [0.15, 0.2) is 9.84 Å². The van der Waals surface area contributed by atoms with Gasteiger partial charge in [0.25, 0.3) is 5.69 Å². The number of carbonyl (C=O) groups excluding carboxylic acids is 1. The first kappa shape index (κ1) is 21.0. The van der Waals surface area contributed by atoms with Crippen LogP contribution in [0.1, 0.15) is 22.8 Å². The average Bonchev–Trinajstić information content (AvgIpc) is 2.85. The van der Waals surface area contributed by atoms with Crippen LogP contribution in [0.4, 0.5) is 5.69 Å². The Balaban J connectivity index is 1.71. The molecule has 2 aromatic carbocycles. The number of sulfone groups is 1. The second-order valence-corrected chi connectivity index (χ2v) is 9.38. The fraction of sp³-hybridized carbons (Fsp3) is 0.250. The number of nitro benzene ring substituents is 1. The Morgan fingerprint density at radius 2 is 1.83 bits per heavy atom. The summed E-state index contributed by atoms with van der Waals surface area (Å²) in [6.07, 6.45) is 3.17. The SMILES string of the molecule is O=C(/C=C/c1ccc([N+](=O)[O-])cc1)N1CCC(c2ccccc2Cl)S(=O)(=O)CC1. The minimum Gasteiger partial charge on any atom is -0.338 e. The van der Waals surface area contributed by atoms with E-state index in [-0.39, 0.29) is 30.3 Å². The van der Waals surface area contributed by atoms with Gasteiger partial charge in [-0.15, -0.1) is 0 Å². The van der Waals surface area contributed by atoms with Gasteiger partial charge in [-0.3, -0.25) is 14.9 Å². The van der Waals surface area contributed by atoms with E-state index in [1.807, 2.05) is 0 Å². The van der Waals surface area contributed by atoms with Crippen LogP contribution in [0.25, 0.3) is 6.08 Å². The van der Waals surface area contributed by atoms with E-state index in [0.717, 1.165) is 0 Å². The Kier molecular flexibility index (Phi) is 6.34. The monoisotopic (exact) mass is 434 g/mol. The van der Waals surface area contributed by atoms with E-state index in [1.54, 1.807) is 42.5 Å². The molecule has 1 unspecified atom stereocenters. The molecule has 1 saturated heterocycles. The Morgan fingerprint density at radius 1 is 1.14 bits per heavy atom. The number of amides is 1. The molecule has 1 heterocycles. The molecule has 1 amide bonds. The van der Waals surface area contributed by atoms with E-state index in [9.17, 15) is 23.3 Å².